The number of nitrogens with zero attached hydrogens (tertiary/aromatic N) is 1. The second-order valence-corrected chi connectivity index (χ2v) is 10.3. The molecule has 3 heterocycles. The van der Waals surface area contributed by atoms with Gasteiger partial charge in [-0.3, -0.25) is 14.4 Å². The molecule has 0 aliphatic carbocycles. The Bertz CT molecular complexity index is 1470. The lowest BCUT2D eigenvalue weighted by Crippen LogP contribution is -2.41. The minimum absolute atomic E-state index is 0.00772. The van der Waals surface area contributed by atoms with Gasteiger partial charge >= 0.3 is 0 Å². The van der Waals surface area contributed by atoms with E-state index in [9.17, 15) is 18.8 Å². The van der Waals surface area contributed by atoms with Crippen LogP contribution in [0.4, 0.5) is 10.1 Å². The van der Waals surface area contributed by atoms with E-state index in [1.165, 1.54) is 23.8 Å². The number of carbonyl (C=O) groups excluding carboxylic acids is 3. The van der Waals surface area contributed by atoms with E-state index < -0.39 is 5.82 Å². The largest absolute Gasteiger partial charge is 0.358 e. The molecule has 39 heavy (non-hydrogen) atoms. The summed E-state index contributed by atoms with van der Waals surface area (Å²) in [5.74, 6) is -0.975. The molecule has 2 aliphatic heterocycles. The second kappa shape index (κ2) is 10.9. The second-order valence-electron chi connectivity index (χ2n) is 10.3. The van der Waals surface area contributed by atoms with Crippen molar-refractivity contribution in [3.63, 3.8) is 0 Å². The summed E-state index contributed by atoms with van der Waals surface area (Å²) in [6.45, 7) is 7.56. The molecule has 0 saturated carbocycles. The van der Waals surface area contributed by atoms with Crippen LogP contribution in [0.25, 0.3) is 11.6 Å². The van der Waals surface area contributed by atoms with Crippen molar-refractivity contribution in [1.82, 2.24) is 20.5 Å². The summed E-state index contributed by atoms with van der Waals surface area (Å²) in [5.41, 5.74) is 6.18. The number of anilines is 1. The van der Waals surface area contributed by atoms with Crippen LogP contribution >= 0.6 is 0 Å². The average Bonchev–Trinajstić information content (AvgIpc) is 3.56. The van der Waals surface area contributed by atoms with Crippen molar-refractivity contribution < 1.29 is 18.8 Å². The molecule has 2 aliphatic rings. The van der Waals surface area contributed by atoms with Gasteiger partial charge in [0.25, 0.3) is 11.8 Å². The number of aromatic nitrogens is 1. The summed E-state index contributed by atoms with van der Waals surface area (Å²) in [6, 6.07) is 12.2. The zero-order chi connectivity index (χ0) is 27.7. The van der Waals surface area contributed by atoms with Gasteiger partial charge in [0, 0.05) is 48.3 Å². The predicted octanol–water partition coefficient (Wildman–Crippen LogP) is 3.69. The van der Waals surface area contributed by atoms with Gasteiger partial charge in [0.15, 0.2) is 0 Å². The molecule has 0 radical (unpaired) electrons. The Morgan fingerprint density at radius 2 is 1.90 bits per heavy atom. The number of aryl methyl sites for hydroxylation is 2. The SMILES string of the molecule is Cc1ccc(CNCC(=O)N2CC[C@H](NC(=O)c3c(C)[nH]c(/C=C4\C(=O)Nc5ccc(F)cc54)c3C)C2)cc1. The number of hydrogen-bond acceptors (Lipinski definition) is 4. The van der Waals surface area contributed by atoms with Crippen LogP contribution in [0.5, 0.6) is 0 Å². The van der Waals surface area contributed by atoms with Crippen molar-refractivity contribution in [3.8, 4) is 0 Å². The molecule has 4 N–H and O–H groups in total. The number of amides is 3. The number of hydrogen-bond donors (Lipinski definition) is 4. The van der Waals surface area contributed by atoms with E-state index in [4.69, 9.17) is 0 Å². The van der Waals surface area contributed by atoms with Gasteiger partial charge in [-0.15, -0.1) is 0 Å². The molecule has 8 nitrogen and oxygen atoms in total. The highest BCUT2D eigenvalue weighted by atomic mass is 19.1. The van der Waals surface area contributed by atoms with Gasteiger partial charge in [0.2, 0.25) is 5.91 Å². The van der Waals surface area contributed by atoms with E-state index >= 15 is 0 Å². The molecule has 3 amide bonds. The fourth-order valence-corrected chi connectivity index (χ4v) is 5.20. The Kier molecular flexibility index (Phi) is 7.34. The fraction of sp³-hybridized carbons (Fsp3) is 0.300. The van der Waals surface area contributed by atoms with Crippen molar-refractivity contribution in [2.24, 2.45) is 0 Å². The molecule has 1 fully saturated rings. The maximum absolute atomic E-state index is 13.8. The lowest BCUT2D eigenvalue weighted by molar-refractivity contribution is -0.129. The number of H-pyrrole nitrogens is 1. The third-order valence-electron chi connectivity index (χ3n) is 7.36. The number of likely N-dealkylation sites (tertiary alicyclic amines) is 1. The Balaban J connectivity index is 1.20. The maximum Gasteiger partial charge on any atom is 0.256 e. The van der Waals surface area contributed by atoms with Gasteiger partial charge in [-0.05, 0) is 62.6 Å². The van der Waals surface area contributed by atoms with Gasteiger partial charge in [0.05, 0.1) is 17.7 Å². The first-order valence-electron chi connectivity index (χ1n) is 13.1. The predicted molar refractivity (Wildman–Crippen MR) is 149 cm³/mol. The summed E-state index contributed by atoms with van der Waals surface area (Å²) in [7, 11) is 0. The molecule has 9 heteroatoms. The smallest absolute Gasteiger partial charge is 0.256 e. The molecule has 5 rings (SSSR count). The highest BCUT2D eigenvalue weighted by molar-refractivity contribution is 6.34. The number of fused-ring (bicyclic) bond motifs is 1. The Morgan fingerprint density at radius 3 is 2.67 bits per heavy atom. The van der Waals surface area contributed by atoms with Crippen molar-refractivity contribution in [3.05, 3.63) is 87.5 Å². The number of benzene rings is 2. The van der Waals surface area contributed by atoms with Gasteiger partial charge in [0.1, 0.15) is 5.82 Å². The quantitative estimate of drug-likeness (QED) is 0.350. The van der Waals surface area contributed by atoms with Gasteiger partial charge < -0.3 is 25.8 Å². The Morgan fingerprint density at radius 1 is 1.13 bits per heavy atom. The van der Waals surface area contributed by atoms with Crippen LogP contribution in [0.1, 0.15) is 50.4 Å². The van der Waals surface area contributed by atoms with Crippen LogP contribution in [0, 0.1) is 26.6 Å². The summed E-state index contributed by atoms with van der Waals surface area (Å²) >= 11 is 0. The lowest BCUT2D eigenvalue weighted by Gasteiger charge is -2.18. The molecular formula is C30H32FN5O3. The Labute approximate surface area is 226 Å². The zero-order valence-electron chi connectivity index (χ0n) is 22.3. The van der Waals surface area contributed by atoms with E-state index in [0.29, 0.717) is 65.4 Å². The molecule has 0 unspecified atom stereocenters. The van der Waals surface area contributed by atoms with Crippen LogP contribution < -0.4 is 16.0 Å². The molecule has 0 spiro atoms. The lowest BCUT2D eigenvalue weighted by atomic mass is 10.0. The standard InChI is InChI=1S/C30H32FN5O3/c1-17-4-6-20(7-5-17)14-32-15-27(37)36-11-10-22(16-36)34-30(39)28-18(2)26(33-19(28)3)13-24-23-12-21(31)8-9-25(23)35-29(24)38/h4-9,12-13,22,32-33H,10-11,14-16H2,1-3H3,(H,34,39)(H,35,38)/b24-13-/t22-/m0/s1. The van der Waals surface area contributed by atoms with Crippen molar-refractivity contribution >= 4 is 35.1 Å². The summed E-state index contributed by atoms with van der Waals surface area (Å²) in [6.07, 6.45) is 2.33. The normalized spacial score (nSPS) is 17.4. The first-order valence-corrected chi connectivity index (χ1v) is 13.1. The molecule has 2 aromatic carbocycles. The third-order valence-corrected chi connectivity index (χ3v) is 7.36. The minimum Gasteiger partial charge on any atom is -0.358 e. The number of rotatable bonds is 7. The Hall–Kier alpha value is -4.24. The molecule has 1 aromatic heterocycles. The third kappa shape index (κ3) is 5.63. The number of aromatic amines is 1. The van der Waals surface area contributed by atoms with E-state index in [1.807, 2.05) is 38.1 Å². The van der Waals surface area contributed by atoms with E-state index in [2.05, 4.69) is 20.9 Å². The van der Waals surface area contributed by atoms with Crippen molar-refractivity contribution in [2.45, 2.75) is 39.8 Å². The van der Waals surface area contributed by atoms with Gasteiger partial charge in [-0.2, -0.15) is 0 Å². The summed E-state index contributed by atoms with van der Waals surface area (Å²) < 4.78 is 13.8. The minimum atomic E-state index is -0.429. The summed E-state index contributed by atoms with van der Waals surface area (Å²) in [5, 5.41) is 9.01. The molecule has 1 saturated heterocycles. The zero-order valence-corrected chi connectivity index (χ0v) is 22.3. The fourth-order valence-electron chi connectivity index (χ4n) is 5.20. The highest BCUT2D eigenvalue weighted by Crippen LogP contribution is 2.34. The topological polar surface area (TPSA) is 106 Å². The molecular weight excluding hydrogens is 497 g/mol. The van der Waals surface area contributed by atoms with Crippen LogP contribution in [0.3, 0.4) is 0 Å². The van der Waals surface area contributed by atoms with Gasteiger partial charge in [-0.1, -0.05) is 29.8 Å². The molecule has 1 atom stereocenters. The van der Waals surface area contributed by atoms with Gasteiger partial charge in [-0.25, -0.2) is 4.39 Å². The monoisotopic (exact) mass is 529 g/mol. The van der Waals surface area contributed by atoms with Crippen molar-refractivity contribution in [1.29, 1.82) is 0 Å². The van der Waals surface area contributed by atoms with Crippen LogP contribution in [-0.2, 0) is 16.1 Å². The van der Waals surface area contributed by atoms with Crippen molar-refractivity contribution in [2.75, 3.05) is 25.0 Å². The average molecular weight is 530 g/mol. The first kappa shape index (κ1) is 26.4. The molecule has 0 bridgehead atoms. The van der Waals surface area contributed by atoms with E-state index in [1.54, 1.807) is 17.9 Å². The van der Waals surface area contributed by atoms with E-state index in [0.717, 1.165) is 5.56 Å². The summed E-state index contributed by atoms with van der Waals surface area (Å²) in [4.78, 5) is 43.4. The number of carbonyl (C=O) groups is 3. The van der Waals surface area contributed by atoms with Crippen LogP contribution in [-0.4, -0.2) is 53.3 Å². The number of nitrogens with one attached hydrogen (secondary N) is 4. The van der Waals surface area contributed by atoms with E-state index in [-0.39, 0.29) is 30.3 Å². The molecule has 3 aromatic rings. The van der Waals surface area contributed by atoms with Crippen LogP contribution in [0.15, 0.2) is 42.5 Å². The molecule has 202 valence electrons. The van der Waals surface area contributed by atoms with Crippen LogP contribution in [0.2, 0.25) is 0 Å². The maximum atomic E-state index is 13.8. The number of halogens is 1. The highest BCUT2D eigenvalue weighted by Gasteiger charge is 2.29. The first-order chi connectivity index (χ1) is 18.7.